The lowest BCUT2D eigenvalue weighted by Gasteiger charge is -2.11. The number of hydrogen-bond donors (Lipinski definition) is 0. The van der Waals surface area contributed by atoms with E-state index in [4.69, 9.17) is 4.74 Å². The fourth-order valence-electron chi connectivity index (χ4n) is 2.19. The van der Waals surface area contributed by atoms with Crippen molar-refractivity contribution in [2.75, 3.05) is 14.1 Å². The van der Waals surface area contributed by atoms with Gasteiger partial charge >= 0.3 is 0 Å². The number of nitrogens with zero attached hydrogens (tertiary/aromatic N) is 3. The van der Waals surface area contributed by atoms with Gasteiger partial charge < -0.3 is 9.64 Å². The van der Waals surface area contributed by atoms with Crippen LogP contribution in [0.3, 0.4) is 0 Å². The Hall–Kier alpha value is -3.66. The second kappa shape index (κ2) is 8.44. The van der Waals surface area contributed by atoms with Crippen molar-refractivity contribution in [3.05, 3.63) is 75.3 Å². The van der Waals surface area contributed by atoms with Crippen LogP contribution in [0.2, 0.25) is 0 Å². The molecule has 0 spiro atoms. The van der Waals surface area contributed by atoms with Crippen LogP contribution < -0.4 is 4.74 Å². The average molecular weight is 351 g/mol. The molecule has 0 saturated carbocycles. The number of benzene rings is 2. The van der Waals surface area contributed by atoms with E-state index < -0.39 is 10.8 Å². The second-order valence-corrected chi connectivity index (χ2v) is 5.62. The third-order valence-corrected chi connectivity index (χ3v) is 3.49. The Morgan fingerprint density at radius 2 is 2.00 bits per heavy atom. The minimum atomic E-state index is -0.466. The molecule has 26 heavy (non-hydrogen) atoms. The highest BCUT2D eigenvalue weighted by Gasteiger charge is 2.13. The molecule has 1 amide bonds. The number of rotatable bonds is 6. The molecule has 7 nitrogen and oxygen atoms in total. The largest absolute Gasteiger partial charge is 0.488 e. The number of likely N-dealkylation sites (N-methyl/N-ethyl adjacent to an activating group) is 1. The highest BCUT2D eigenvalue weighted by Crippen LogP contribution is 2.23. The number of para-hydroxylation sites is 1. The van der Waals surface area contributed by atoms with Crippen molar-refractivity contribution in [3.8, 4) is 11.8 Å². The maximum atomic E-state index is 12.0. The highest BCUT2D eigenvalue weighted by molar-refractivity contribution is 6.01. The Kier molecular flexibility index (Phi) is 6.06. The van der Waals surface area contributed by atoms with Crippen molar-refractivity contribution in [1.82, 2.24) is 4.90 Å². The molecular formula is C19H17N3O4. The van der Waals surface area contributed by atoms with Crippen LogP contribution in [-0.4, -0.2) is 29.8 Å². The van der Waals surface area contributed by atoms with Gasteiger partial charge in [0, 0.05) is 31.8 Å². The van der Waals surface area contributed by atoms with Crippen molar-refractivity contribution in [2.24, 2.45) is 0 Å². The molecule has 0 atom stereocenters. The first-order valence-electron chi connectivity index (χ1n) is 7.71. The molecule has 0 aromatic heterocycles. The Labute approximate surface area is 150 Å². The number of carbonyl (C=O) groups excluding carboxylic acids is 1. The van der Waals surface area contributed by atoms with E-state index >= 15 is 0 Å². The fraction of sp³-hybridized carbons (Fsp3) is 0.158. The predicted octanol–water partition coefficient (Wildman–Crippen LogP) is 3.17. The first-order valence-corrected chi connectivity index (χ1v) is 7.71. The zero-order valence-electron chi connectivity index (χ0n) is 14.4. The van der Waals surface area contributed by atoms with Crippen LogP contribution in [0.4, 0.5) is 5.69 Å². The van der Waals surface area contributed by atoms with Crippen LogP contribution in [0.5, 0.6) is 5.75 Å². The number of nitriles is 1. The van der Waals surface area contributed by atoms with Gasteiger partial charge in [-0.25, -0.2) is 0 Å². The molecular weight excluding hydrogens is 334 g/mol. The normalized spacial score (nSPS) is 10.7. The average Bonchev–Trinajstić information content (AvgIpc) is 2.64. The minimum absolute atomic E-state index is 0.0115. The van der Waals surface area contributed by atoms with E-state index in [0.29, 0.717) is 16.9 Å². The summed E-state index contributed by atoms with van der Waals surface area (Å²) in [5.74, 6) is 0.0688. The topological polar surface area (TPSA) is 96.5 Å². The molecule has 0 aliphatic heterocycles. The number of carbonyl (C=O) groups is 1. The standard InChI is InChI=1S/C19H17N3O4/c1-21(2)19(23)16(12-20)11-15-7-3-4-9-18(15)26-13-14-6-5-8-17(10-14)22(24)25/h3-11H,13H2,1-2H3. The molecule has 0 bridgehead atoms. The smallest absolute Gasteiger partial charge is 0.269 e. The van der Waals surface area contributed by atoms with Crippen LogP contribution >= 0.6 is 0 Å². The molecule has 0 aliphatic carbocycles. The third-order valence-electron chi connectivity index (χ3n) is 3.49. The first-order chi connectivity index (χ1) is 12.4. The van der Waals surface area contributed by atoms with Gasteiger partial charge in [0.05, 0.1) is 4.92 Å². The van der Waals surface area contributed by atoms with Crippen molar-refractivity contribution < 1.29 is 14.5 Å². The van der Waals surface area contributed by atoms with Crippen molar-refractivity contribution in [3.63, 3.8) is 0 Å². The van der Waals surface area contributed by atoms with Crippen LogP contribution in [-0.2, 0) is 11.4 Å². The molecule has 0 N–H and O–H groups in total. The maximum absolute atomic E-state index is 12.0. The van der Waals surface area contributed by atoms with Crippen LogP contribution in [0.1, 0.15) is 11.1 Å². The van der Waals surface area contributed by atoms with Gasteiger partial charge in [0.1, 0.15) is 24.0 Å². The van der Waals surface area contributed by atoms with E-state index in [1.54, 1.807) is 50.5 Å². The van der Waals surface area contributed by atoms with Gasteiger partial charge in [-0.3, -0.25) is 14.9 Å². The van der Waals surface area contributed by atoms with Crippen LogP contribution in [0, 0.1) is 21.4 Å². The number of amides is 1. The number of ether oxygens (including phenoxy) is 1. The van der Waals surface area contributed by atoms with Gasteiger partial charge in [0.25, 0.3) is 11.6 Å². The maximum Gasteiger partial charge on any atom is 0.269 e. The monoisotopic (exact) mass is 351 g/mol. The summed E-state index contributed by atoms with van der Waals surface area (Å²) in [5.41, 5.74) is 1.19. The van der Waals surface area contributed by atoms with E-state index in [9.17, 15) is 20.2 Å². The lowest BCUT2D eigenvalue weighted by molar-refractivity contribution is -0.384. The van der Waals surface area contributed by atoms with Crippen LogP contribution in [0.25, 0.3) is 6.08 Å². The molecule has 0 radical (unpaired) electrons. The molecule has 2 aromatic carbocycles. The molecule has 132 valence electrons. The van der Waals surface area contributed by atoms with E-state index in [1.165, 1.54) is 23.1 Å². The van der Waals surface area contributed by atoms with Gasteiger partial charge in [-0.05, 0) is 17.7 Å². The quantitative estimate of drug-likeness (QED) is 0.345. The van der Waals surface area contributed by atoms with Gasteiger partial charge in [-0.1, -0.05) is 30.3 Å². The number of nitro benzene ring substituents is 1. The summed E-state index contributed by atoms with van der Waals surface area (Å²) < 4.78 is 5.74. The first kappa shape index (κ1) is 18.7. The SMILES string of the molecule is CN(C)C(=O)C(C#N)=Cc1ccccc1OCc1cccc([N+](=O)[O-])c1. The summed E-state index contributed by atoms with van der Waals surface area (Å²) in [6.07, 6.45) is 1.46. The Bertz CT molecular complexity index is 898. The van der Waals surface area contributed by atoms with E-state index in [2.05, 4.69) is 0 Å². The van der Waals surface area contributed by atoms with Gasteiger partial charge in [0.15, 0.2) is 0 Å². The highest BCUT2D eigenvalue weighted by atomic mass is 16.6. The fourth-order valence-corrected chi connectivity index (χ4v) is 2.19. The van der Waals surface area contributed by atoms with E-state index in [-0.39, 0.29) is 17.9 Å². The molecule has 2 aromatic rings. The molecule has 2 rings (SSSR count). The zero-order chi connectivity index (χ0) is 19.1. The molecule has 0 fully saturated rings. The molecule has 0 heterocycles. The van der Waals surface area contributed by atoms with Gasteiger partial charge in [0.2, 0.25) is 0 Å². The zero-order valence-corrected chi connectivity index (χ0v) is 14.4. The van der Waals surface area contributed by atoms with Crippen molar-refractivity contribution >= 4 is 17.7 Å². The van der Waals surface area contributed by atoms with Crippen molar-refractivity contribution in [1.29, 1.82) is 5.26 Å². The predicted molar refractivity (Wildman–Crippen MR) is 96.2 cm³/mol. The Morgan fingerprint density at radius 1 is 1.27 bits per heavy atom. The van der Waals surface area contributed by atoms with Crippen molar-refractivity contribution in [2.45, 2.75) is 6.61 Å². The summed E-state index contributed by atoms with van der Waals surface area (Å²) >= 11 is 0. The summed E-state index contributed by atoms with van der Waals surface area (Å²) in [6, 6.07) is 15.0. The Balaban J connectivity index is 2.24. The number of hydrogen-bond acceptors (Lipinski definition) is 5. The summed E-state index contributed by atoms with van der Waals surface area (Å²) in [6.45, 7) is 0.121. The molecule has 0 unspecified atom stereocenters. The molecule has 7 heteroatoms. The Morgan fingerprint density at radius 3 is 2.65 bits per heavy atom. The lowest BCUT2D eigenvalue weighted by atomic mass is 10.1. The molecule has 0 saturated heterocycles. The van der Waals surface area contributed by atoms with Crippen LogP contribution in [0.15, 0.2) is 54.1 Å². The summed E-state index contributed by atoms with van der Waals surface area (Å²) in [4.78, 5) is 23.7. The minimum Gasteiger partial charge on any atom is -0.488 e. The van der Waals surface area contributed by atoms with Gasteiger partial charge in [-0.15, -0.1) is 0 Å². The van der Waals surface area contributed by atoms with E-state index in [1.807, 2.05) is 6.07 Å². The third kappa shape index (κ3) is 4.68. The summed E-state index contributed by atoms with van der Waals surface area (Å²) in [5, 5.41) is 20.1. The van der Waals surface area contributed by atoms with Gasteiger partial charge in [-0.2, -0.15) is 5.26 Å². The number of non-ortho nitro benzene ring substituents is 1. The lowest BCUT2D eigenvalue weighted by Crippen LogP contribution is -2.22. The summed E-state index contributed by atoms with van der Waals surface area (Å²) in [7, 11) is 3.14. The second-order valence-electron chi connectivity index (χ2n) is 5.62. The number of nitro groups is 1. The van der Waals surface area contributed by atoms with E-state index in [0.717, 1.165) is 0 Å². The molecule has 0 aliphatic rings.